The van der Waals surface area contributed by atoms with E-state index in [1.165, 1.54) is 25.7 Å². The number of rotatable bonds is 4. The Balaban J connectivity index is 1.64. The van der Waals surface area contributed by atoms with E-state index >= 15 is 0 Å². The summed E-state index contributed by atoms with van der Waals surface area (Å²) in [5.74, 6) is 2.44. The molecule has 1 aliphatic heterocycles. The van der Waals surface area contributed by atoms with Crippen LogP contribution in [-0.2, 0) is 11.3 Å². The molecule has 2 fully saturated rings. The van der Waals surface area contributed by atoms with Crippen molar-refractivity contribution in [1.82, 2.24) is 19.5 Å². The highest BCUT2D eigenvalue weighted by molar-refractivity contribution is 6.30. The van der Waals surface area contributed by atoms with Crippen LogP contribution in [0, 0.1) is 18.2 Å². The van der Waals surface area contributed by atoms with Gasteiger partial charge < -0.3 is 14.2 Å². The maximum absolute atomic E-state index is 6.30. The van der Waals surface area contributed by atoms with Gasteiger partial charge in [0.2, 0.25) is 12.3 Å². The van der Waals surface area contributed by atoms with E-state index in [9.17, 15) is 0 Å². The van der Waals surface area contributed by atoms with Gasteiger partial charge in [-0.25, -0.2) is 9.97 Å². The van der Waals surface area contributed by atoms with Gasteiger partial charge in [-0.2, -0.15) is 4.98 Å². The molecule has 0 N–H and O–H groups in total. The molecule has 5 rings (SSSR count). The number of anilines is 1. The smallest absolute Gasteiger partial charge is 0.208 e. The van der Waals surface area contributed by atoms with Crippen molar-refractivity contribution in [3.05, 3.63) is 35.6 Å². The summed E-state index contributed by atoms with van der Waals surface area (Å²) in [7, 11) is 0. The molecule has 7 heteroatoms. The highest BCUT2D eigenvalue weighted by Crippen LogP contribution is 2.35. The SMILES string of the molecule is CC1CCC(Cn2c(N3CCOC[C@H]3C)nc3n[c]nc(-c4cccc(Cl)c4)c32)CC1. The van der Waals surface area contributed by atoms with Crippen LogP contribution < -0.4 is 4.90 Å². The van der Waals surface area contributed by atoms with Gasteiger partial charge in [-0.05, 0) is 43.7 Å². The fraction of sp³-hybridized carbons (Fsp3) is 0.542. The summed E-state index contributed by atoms with van der Waals surface area (Å²) >= 11 is 6.30. The molecule has 3 aromatic rings. The molecule has 6 nitrogen and oxygen atoms in total. The Hall–Kier alpha value is -2.18. The Morgan fingerprint density at radius 2 is 2.00 bits per heavy atom. The molecule has 1 aromatic carbocycles. The van der Waals surface area contributed by atoms with Crippen LogP contribution in [0.15, 0.2) is 24.3 Å². The number of fused-ring (bicyclic) bond motifs is 1. The quantitative estimate of drug-likeness (QED) is 0.573. The summed E-state index contributed by atoms with van der Waals surface area (Å²) in [4.78, 5) is 16.4. The number of hydrogen-bond donors (Lipinski definition) is 0. The van der Waals surface area contributed by atoms with Crippen LogP contribution in [0.2, 0.25) is 5.02 Å². The molecular weight excluding hydrogens is 410 g/mol. The minimum Gasteiger partial charge on any atom is -0.377 e. The highest BCUT2D eigenvalue weighted by atomic mass is 35.5. The van der Waals surface area contributed by atoms with Crippen molar-refractivity contribution in [2.75, 3.05) is 24.7 Å². The molecule has 0 unspecified atom stereocenters. The molecule has 1 saturated heterocycles. The van der Waals surface area contributed by atoms with Gasteiger partial charge in [-0.15, -0.1) is 0 Å². The molecule has 2 aromatic heterocycles. The molecule has 2 aliphatic rings. The molecule has 0 spiro atoms. The highest BCUT2D eigenvalue weighted by Gasteiger charge is 2.29. The van der Waals surface area contributed by atoms with Crippen molar-refractivity contribution >= 4 is 28.7 Å². The average molecular weight is 439 g/mol. The maximum atomic E-state index is 6.30. The second kappa shape index (κ2) is 8.75. The Kier molecular flexibility index (Phi) is 5.85. The van der Waals surface area contributed by atoms with Crippen LogP contribution in [0.3, 0.4) is 0 Å². The van der Waals surface area contributed by atoms with Crippen LogP contribution in [0.25, 0.3) is 22.4 Å². The monoisotopic (exact) mass is 438 g/mol. The first-order valence-corrected chi connectivity index (χ1v) is 11.7. The predicted molar refractivity (Wildman–Crippen MR) is 123 cm³/mol. The lowest BCUT2D eigenvalue weighted by Gasteiger charge is -2.35. The van der Waals surface area contributed by atoms with Crippen molar-refractivity contribution < 1.29 is 4.74 Å². The van der Waals surface area contributed by atoms with Crippen molar-refractivity contribution in [2.45, 2.75) is 52.1 Å². The fourth-order valence-electron chi connectivity index (χ4n) is 4.94. The number of aromatic nitrogens is 4. The van der Waals surface area contributed by atoms with Crippen LogP contribution >= 0.6 is 11.6 Å². The lowest BCUT2D eigenvalue weighted by molar-refractivity contribution is 0.0976. The van der Waals surface area contributed by atoms with Crippen LogP contribution in [0.5, 0.6) is 0 Å². The van der Waals surface area contributed by atoms with Gasteiger partial charge in [-0.1, -0.05) is 43.5 Å². The first-order chi connectivity index (χ1) is 15.1. The lowest BCUT2D eigenvalue weighted by Crippen LogP contribution is -2.45. The van der Waals surface area contributed by atoms with Crippen molar-refractivity contribution in [3.63, 3.8) is 0 Å². The second-order valence-corrected chi connectivity index (χ2v) is 9.56. The Labute approximate surface area is 188 Å². The number of imidazole rings is 1. The first-order valence-electron chi connectivity index (χ1n) is 11.3. The largest absolute Gasteiger partial charge is 0.377 e. The van der Waals surface area contributed by atoms with Crippen molar-refractivity contribution in [1.29, 1.82) is 0 Å². The molecule has 1 aliphatic carbocycles. The van der Waals surface area contributed by atoms with E-state index in [0.717, 1.165) is 41.7 Å². The van der Waals surface area contributed by atoms with E-state index in [-0.39, 0.29) is 6.04 Å². The van der Waals surface area contributed by atoms with E-state index in [0.29, 0.717) is 29.8 Å². The molecule has 163 valence electrons. The third-order valence-electron chi connectivity index (χ3n) is 6.77. The van der Waals surface area contributed by atoms with Crippen LogP contribution in [-0.4, -0.2) is 45.3 Å². The summed E-state index contributed by atoms with van der Waals surface area (Å²) in [6.45, 7) is 7.75. The summed E-state index contributed by atoms with van der Waals surface area (Å²) in [6, 6.07) is 8.10. The summed E-state index contributed by atoms with van der Waals surface area (Å²) in [5.41, 5.74) is 3.49. The zero-order chi connectivity index (χ0) is 21.4. The summed E-state index contributed by atoms with van der Waals surface area (Å²) in [6.07, 6.45) is 7.93. The van der Waals surface area contributed by atoms with E-state index in [4.69, 9.17) is 21.3 Å². The van der Waals surface area contributed by atoms with Gasteiger partial charge in [0.05, 0.1) is 19.3 Å². The minimum atomic E-state index is 0.266. The Bertz CT molecular complexity index is 1060. The van der Waals surface area contributed by atoms with E-state index in [1.54, 1.807) is 0 Å². The molecule has 31 heavy (non-hydrogen) atoms. The molecule has 1 saturated carbocycles. The molecule has 0 amide bonds. The van der Waals surface area contributed by atoms with Crippen molar-refractivity contribution in [3.8, 4) is 11.3 Å². The van der Waals surface area contributed by atoms with Gasteiger partial charge in [-0.3, -0.25) is 0 Å². The zero-order valence-corrected chi connectivity index (χ0v) is 19.0. The number of halogens is 1. The minimum absolute atomic E-state index is 0.266. The molecule has 3 heterocycles. The Morgan fingerprint density at radius 1 is 1.16 bits per heavy atom. The van der Waals surface area contributed by atoms with Crippen LogP contribution in [0.1, 0.15) is 39.5 Å². The van der Waals surface area contributed by atoms with Gasteiger partial charge in [0, 0.05) is 23.7 Å². The Morgan fingerprint density at radius 3 is 2.77 bits per heavy atom. The summed E-state index contributed by atoms with van der Waals surface area (Å²) < 4.78 is 8.05. The number of hydrogen-bond acceptors (Lipinski definition) is 5. The lowest BCUT2D eigenvalue weighted by atomic mass is 9.83. The van der Waals surface area contributed by atoms with E-state index in [2.05, 4.69) is 39.6 Å². The standard InChI is InChI=1S/C24H29ClN5O/c1-16-6-8-18(9-7-16)13-30-22-21(19-4-3-5-20(25)12-19)26-15-27-23(22)28-24(30)29-10-11-31-14-17(29)2/h3-5,12,16-18H,6-11,13-14H2,1-2H3/t16?,17-,18?/m1/s1. The maximum Gasteiger partial charge on any atom is 0.208 e. The zero-order valence-electron chi connectivity index (χ0n) is 18.2. The van der Waals surface area contributed by atoms with Gasteiger partial charge in [0.25, 0.3) is 0 Å². The number of morpholine rings is 1. The van der Waals surface area contributed by atoms with Crippen LogP contribution in [0.4, 0.5) is 5.95 Å². The topological polar surface area (TPSA) is 56.1 Å². The molecule has 1 atom stereocenters. The molecule has 0 bridgehead atoms. The summed E-state index contributed by atoms with van der Waals surface area (Å²) in [5, 5.41) is 0.693. The van der Waals surface area contributed by atoms with Gasteiger partial charge in [0.1, 0.15) is 11.2 Å². The van der Waals surface area contributed by atoms with Crippen molar-refractivity contribution in [2.24, 2.45) is 11.8 Å². The number of ether oxygens (including phenoxy) is 1. The van der Waals surface area contributed by atoms with E-state index in [1.807, 2.05) is 24.3 Å². The van der Waals surface area contributed by atoms with E-state index < -0.39 is 0 Å². The normalized spacial score (nSPS) is 24.6. The predicted octanol–water partition coefficient (Wildman–Crippen LogP) is 5.00. The molecular formula is C24H29ClN5O. The second-order valence-electron chi connectivity index (χ2n) is 9.12. The average Bonchev–Trinajstić information content (AvgIpc) is 3.14. The van der Waals surface area contributed by atoms with Gasteiger partial charge >= 0.3 is 0 Å². The fourth-order valence-corrected chi connectivity index (χ4v) is 5.13. The third-order valence-corrected chi connectivity index (χ3v) is 7.00. The van der Waals surface area contributed by atoms with Gasteiger partial charge in [0.15, 0.2) is 5.65 Å². The number of benzene rings is 1. The number of nitrogens with zero attached hydrogens (tertiary/aromatic N) is 5. The molecule has 1 radical (unpaired) electrons. The third kappa shape index (κ3) is 4.15. The first kappa shape index (κ1) is 20.7.